The summed E-state index contributed by atoms with van der Waals surface area (Å²) in [4.78, 5) is 14.7. The number of carbonyl (C=O) groups excluding carboxylic acids is 1. The van der Waals surface area contributed by atoms with Crippen molar-refractivity contribution < 1.29 is 9.90 Å². The number of likely N-dealkylation sites (tertiary alicyclic amines) is 1. The molecule has 0 radical (unpaired) electrons. The van der Waals surface area contributed by atoms with Crippen molar-refractivity contribution in [1.82, 2.24) is 4.90 Å². The van der Waals surface area contributed by atoms with Crippen LogP contribution in [0.3, 0.4) is 0 Å². The molecule has 1 amide bonds. The van der Waals surface area contributed by atoms with E-state index in [2.05, 4.69) is 4.90 Å². The fourth-order valence-electron chi connectivity index (χ4n) is 4.53. The molecule has 2 atom stereocenters. The highest BCUT2D eigenvalue weighted by molar-refractivity contribution is 5.77. The van der Waals surface area contributed by atoms with E-state index in [9.17, 15) is 9.90 Å². The normalized spacial score (nSPS) is 34.1. The van der Waals surface area contributed by atoms with Gasteiger partial charge in [0.15, 0.2) is 0 Å². The summed E-state index contributed by atoms with van der Waals surface area (Å²) < 4.78 is 0. The van der Waals surface area contributed by atoms with Crippen molar-refractivity contribution in [1.29, 1.82) is 0 Å². The molecule has 0 spiro atoms. The fourth-order valence-corrected chi connectivity index (χ4v) is 4.53. The van der Waals surface area contributed by atoms with Gasteiger partial charge in [0.05, 0.1) is 12.0 Å². The zero-order valence-electron chi connectivity index (χ0n) is 11.9. The molecular formula is C16H27NO2. The number of rotatable bonds is 2. The number of aliphatic hydroxyl groups is 1. The monoisotopic (exact) mass is 265 g/mol. The lowest BCUT2D eigenvalue weighted by molar-refractivity contribution is -0.142. The second-order valence-corrected chi connectivity index (χ2v) is 6.95. The predicted molar refractivity (Wildman–Crippen MR) is 74.7 cm³/mol. The summed E-state index contributed by atoms with van der Waals surface area (Å²) in [5.74, 6) is 0.972. The molecule has 3 rings (SSSR count). The van der Waals surface area contributed by atoms with E-state index in [0.717, 1.165) is 44.6 Å². The molecule has 2 unspecified atom stereocenters. The Balaban J connectivity index is 1.62. The average Bonchev–Trinajstić information content (AvgIpc) is 2.86. The third kappa shape index (κ3) is 2.81. The summed E-state index contributed by atoms with van der Waals surface area (Å²) in [5, 5.41) is 10.6. The Hall–Kier alpha value is -0.570. The molecule has 1 saturated heterocycles. The first kappa shape index (κ1) is 13.4. The third-order valence-electron chi connectivity index (χ3n) is 5.58. The van der Waals surface area contributed by atoms with Crippen LogP contribution in [-0.4, -0.2) is 34.1 Å². The van der Waals surface area contributed by atoms with Gasteiger partial charge in [-0.05, 0) is 44.4 Å². The summed E-state index contributed by atoms with van der Waals surface area (Å²) >= 11 is 0. The number of hydrogen-bond acceptors (Lipinski definition) is 2. The van der Waals surface area contributed by atoms with Crippen LogP contribution in [0.1, 0.15) is 70.6 Å². The van der Waals surface area contributed by atoms with Gasteiger partial charge in [0.2, 0.25) is 5.91 Å². The summed E-state index contributed by atoms with van der Waals surface area (Å²) in [6.45, 7) is 0.927. The van der Waals surface area contributed by atoms with Crippen molar-refractivity contribution in [3.8, 4) is 0 Å². The van der Waals surface area contributed by atoms with E-state index in [1.54, 1.807) is 0 Å². The van der Waals surface area contributed by atoms with Crippen LogP contribution < -0.4 is 0 Å². The van der Waals surface area contributed by atoms with Crippen LogP contribution >= 0.6 is 0 Å². The number of piperidine rings is 1. The Morgan fingerprint density at radius 1 is 1.05 bits per heavy atom. The zero-order chi connectivity index (χ0) is 13.3. The van der Waals surface area contributed by atoms with Crippen molar-refractivity contribution in [2.24, 2.45) is 5.92 Å². The lowest BCUT2D eigenvalue weighted by Crippen LogP contribution is -2.49. The van der Waals surface area contributed by atoms with Gasteiger partial charge in [0.1, 0.15) is 0 Å². The first-order valence-electron chi connectivity index (χ1n) is 8.20. The van der Waals surface area contributed by atoms with E-state index in [4.69, 9.17) is 0 Å². The highest BCUT2D eigenvalue weighted by Crippen LogP contribution is 2.38. The molecule has 1 aliphatic heterocycles. The smallest absolute Gasteiger partial charge is 0.225 e. The van der Waals surface area contributed by atoms with E-state index >= 15 is 0 Å². The van der Waals surface area contributed by atoms with E-state index in [1.165, 1.54) is 32.1 Å². The zero-order valence-corrected chi connectivity index (χ0v) is 11.9. The van der Waals surface area contributed by atoms with Crippen LogP contribution in [0.5, 0.6) is 0 Å². The molecule has 0 aromatic heterocycles. The number of nitrogens with zero attached hydrogens (tertiary/aromatic N) is 1. The molecule has 3 aliphatic rings. The van der Waals surface area contributed by atoms with Crippen LogP contribution in [0.15, 0.2) is 0 Å². The molecule has 3 fully saturated rings. The first-order valence-corrected chi connectivity index (χ1v) is 8.20. The van der Waals surface area contributed by atoms with Crippen molar-refractivity contribution in [2.45, 2.75) is 82.3 Å². The van der Waals surface area contributed by atoms with Crippen molar-refractivity contribution >= 4 is 5.91 Å². The molecule has 3 nitrogen and oxygen atoms in total. The van der Waals surface area contributed by atoms with E-state index in [1.807, 2.05) is 0 Å². The summed E-state index contributed by atoms with van der Waals surface area (Å²) in [6.07, 6.45) is 11.6. The van der Waals surface area contributed by atoms with Gasteiger partial charge in [0, 0.05) is 12.6 Å². The largest absolute Gasteiger partial charge is 0.389 e. The molecule has 0 aromatic rings. The second kappa shape index (κ2) is 5.43. The van der Waals surface area contributed by atoms with Gasteiger partial charge in [-0.1, -0.05) is 25.7 Å². The molecule has 2 aliphatic carbocycles. The molecule has 0 aromatic carbocycles. The van der Waals surface area contributed by atoms with Crippen LogP contribution in [0, 0.1) is 5.92 Å². The van der Waals surface area contributed by atoms with Crippen molar-refractivity contribution in [3.05, 3.63) is 0 Å². The van der Waals surface area contributed by atoms with Crippen LogP contribution in [-0.2, 0) is 4.79 Å². The van der Waals surface area contributed by atoms with Gasteiger partial charge in [-0.2, -0.15) is 0 Å². The lowest BCUT2D eigenvalue weighted by atomic mass is 9.81. The first-order chi connectivity index (χ1) is 9.18. The topological polar surface area (TPSA) is 40.5 Å². The minimum absolute atomic E-state index is 0.223. The highest BCUT2D eigenvalue weighted by atomic mass is 16.3. The molecule has 108 valence electrons. The Morgan fingerprint density at radius 2 is 1.79 bits per heavy atom. The van der Waals surface area contributed by atoms with Gasteiger partial charge in [-0.25, -0.2) is 0 Å². The summed E-state index contributed by atoms with van der Waals surface area (Å²) in [5.41, 5.74) is -0.694. The van der Waals surface area contributed by atoms with Crippen LogP contribution in [0.2, 0.25) is 0 Å². The van der Waals surface area contributed by atoms with Gasteiger partial charge in [0.25, 0.3) is 0 Å². The maximum atomic E-state index is 12.6. The Morgan fingerprint density at radius 3 is 2.58 bits per heavy atom. The third-order valence-corrected chi connectivity index (χ3v) is 5.58. The molecular weight excluding hydrogens is 238 g/mol. The number of fused-ring (bicyclic) bond motifs is 1. The second-order valence-electron chi connectivity index (χ2n) is 6.95. The van der Waals surface area contributed by atoms with Crippen LogP contribution in [0.4, 0.5) is 0 Å². The molecule has 0 bridgehead atoms. The maximum absolute atomic E-state index is 12.6. The van der Waals surface area contributed by atoms with Gasteiger partial charge < -0.3 is 10.0 Å². The number of amides is 1. The Bertz CT molecular complexity index is 336. The van der Waals surface area contributed by atoms with Gasteiger partial charge >= 0.3 is 0 Å². The molecule has 3 heteroatoms. The molecule has 2 saturated carbocycles. The minimum Gasteiger partial charge on any atom is -0.389 e. The number of carbonyl (C=O) groups is 1. The Kier molecular flexibility index (Phi) is 3.84. The van der Waals surface area contributed by atoms with Crippen molar-refractivity contribution in [3.63, 3.8) is 0 Å². The highest BCUT2D eigenvalue weighted by Gasteiger charge is 2.40. The summed E-state index contributed by atoms with van der Waals surface area (Å²) in [6, 6.07) is 0.494. The molecule has 19 heavy (non-hydrogen) atoms. The number of hydrogen-bond donors (Lipinski definition) is 1. The fraction of sp³-hybridized carbons (Fsp3) is 0.938. The van der Waals surface area contributed by atoms with E-state index < -0.39 is 5.60 Å². The predicted octanol–water partition coefficient (Wildman–Crippen LogP) is 2.86. The van der Waals surface area contributed by atoms with E-state index in [0.29, 0.717) is 12.5 Å². The average molecular weight is 265 g/mol. The summed E-state index contributed by atoms with van der Waals surface area (Å²) in [7, 11) is 0. The standard InChI is InChI=1S/C16H27NO2/c18-15(12-16(19)9-2-1-3-10-16)17-11-5-7-13-6-4-8-14(13)17/h13-14,19H,1-12H2. The lowest BCUT2D eigenvalue weighted by Gasteiger charge is -2.40. The van der Waals surface area contributed by atoms with Crippen molar-refractivity contribution in [2.75, 3.05) is 6.54 Å². The Labute approximate surface area is 116 Å². The molecule has 1 heterocycles. The van der Waals surface area contributed by atoms with Gasteiger partial charge in [-0.3, -0.25) is 4.79 Å². The quantitative estimate of drug-likeness (QED) is 0.834. The van der Waals surface area contributed by atoms with E-state index in [-0.39, 0.29) is 5.91 Å². The minimum atomic E-state index is -0.694. The maximum Gasteiger partial charge on any atom is 0.225 e. The van der Waals surface area contributed by atoms with Crippen LogP contribution in [0.25, 0.3) is 0 Å². The molecule has 1 N–H and O–H groups in total. The van der Waals surface area contributed by atoms with Gasteiger partial charge in [-0.15, -0.1) is 0 Å². The SMILES string of the molecule is O=C(CC1(O)CCCCC1)N1CCCC2CCCC21.